The molecule has 4 nitrogen and oxygen atoms in total. The van der Waals surface area contributed by atoms with Crippen molar-refractivity contribution >= 4 is 0 Å². The molecule has 0 spiro atoms. The Labute approximate surface area is 91.8 Å². The Morgan fingerprint density at radius 1 is 1.47 bits per heavy atom. The van der Waals surface area contributed by atoms with E-state index in [0.29, 0.717) is 0 Å². The van der Waals surface area contributed by atoms with Gasteiger partial charge in [-0.05, 0) is 26.4 Å². The van der Waals surface area contributed by atoms with Crippen LogP contribution in [0.1, 0.15) is 12.8 Å². The molecule has 2 aliphatic heterocycles. The van der Waals surface area contributed by atoms with Gasteiger partial charge in [0, 0.05) is 32.2 Å². The van der Waals surface area contributed by atoms with E-state index in [0.717, 1.165) is 25.7 Å². The van der Waals surface area contributed by atoms with Crippen molar-refractivity contribution in [2.75, 3.05) is 39.8 Å². The Morgan fingerprint density at radius 2 is 2.33 bits per heavy atom. The van der Waals surface area contributed by atoms with Crippen LogP contribution in [0.3, 0.4) is 0 Å². The van der Waals surface area contributed by atoms with Gasteiger partial charge in [0.25, 0.3) is 0 Å². The third-order valence-corrected chi connectivity index (χ3v) is 3.62. The fourth-order valence-corrected chi connectivity index (χ4v) is 2.68. The number of hydrogen-bond acceptors (Lipinski definition) is 4. The second-order valence-corrected chi connectivity index (χ2v) is 4.56. The first-order valence-corrected chi connectivity index (χ1v) is 5.87. The fourth-order valence-electron chi connectivity index (χ4n) is 2.68. The number of fused-ring (bicyclic) bond motifs is 1. The van der Waals surface area contributed by atoms with E-state index in [1.54, 1.807) is 0 Å². The summed E-state index contributed by atoms with van der Waals surface area (Å²) in [6.45, 7) is 5.62. The largest absolute Gasteiger partial charge is 0.304 e. The molecule has 4 heteroatoms. The fraction of sp³-hybridized carbons (Fsp3) is 0.909. The van der Waals surface area contributed by atoms with Gasteiger partial charge in [-0.3, -0.25) is 9.80 Å². The molecular formula is C11H20N4. The van der Waals surface area contributed by atoms with Crippen molar-refractivity contribution in [3.63, 3.8) is 0 Å². The molecule has 2 unspecified atom stereocenters. The molecule has 2 rings (SSSR count). The van der Waals surface area contributed by atoms with Crippen LogP contribution >= 0.6 is 0 Å². The van der Waals surface area contributed by atoms with Gasteiger partial charge < -0.3 is 5.32 Å². The molecule has 0 amide bonds. The second kappa shape index (κ2) is 4.93. The van der Waals surface area contributed by atoms with E-state index >= 15 is 0 Å². The summed E-state index contributed by atoms with van der Waals surface area (Å²) in [5, 5.41) is 11.9. The summed E-state index contributed by atoms with van der Waals surface area (Å²) in [6.07, 6.45) is 2.69. The predicted molar refractivity (Wildman–Crippen MR) is 59.5 cm³/mol. The first-order valence-electron chi connectivity index (χ1n) is 5.87. The predicted octanol–water partition coefficient (Wildman–Crippen LogP) is -0.122. The monoisotopic (exact) mass is 208 g/mol. The number of nitrogens with zero attached hydrogens (tertiary/aromatic N) is 3. The molecule has 15 heavy (non-hydrogen) atoms. The summed E-state index contributed by atoms with van der Waals surface area (Å²) in [5.41, 5.74) is 0. The Balaban J connectivity index is 1.82. The van der Waals surface area contributed by atoms with Crippen molar-refractivity contribution in [3.8, 4) is 6.07 Å². The molecule has 0 aromatic carbocycles. The lowest BCUT2D eigenvalue weighted by atomic mass is 10.1. The minimum atomic E-state index is -0.0158. The quantitative estimate of drug-likeness (QED) is 0.702. The highest BCUT2D eigenvalue weighted by Crippen LogP contribution is 2.21. The van der Waals surface area contributed by atoms with Gasteiger partial charge in [-0.15, -0.1) is 0 Å². The minimum Gasteiger partial charge on any atom is -0.304 e. The van der Waals surface area contributed by atoms with E-state index in [1.807, 2.05) is 7.05 Å². The summed E-state index contributed by atoms with van der Waals surface area (Å²) >= 11 is 0. The molecule has 0 saturated carbocycles. The number of piperazine rings is 1. The van der Waals surface area contributed by atoms with Crippen LogP contribution in [0.5, 0.6) is 0 Å². The Hall–Kier alpha value is -0.630. The van der Waals surface area contributed by atoms with Gasteiger partial charge in [-0.2, -0.15) is 5.26 Å². The summed E-state index contributed by atoms with van der Waals surface area (Å²) in [4.78, 5) is 5.02. The first kappa shape index (κ1) is 10.9. The van der Waals surface area contributed by atoms with Gasteiger partial charge in [0.15, 0.2) is 0 Å². The van der Waals surface area contributed by atoms with E-state index in [9.17, 15) is 0 Å². The molecule has 2 saturated heterocycles. The van der Waals surface area contributed by atoms with Gasteiger partial charge in [0.1, 0.15) is 6.04 Å². The zero-order chi connectivity index (χ0) is 10.7. The van der Waals surface area contributed by atoms with Crippen LogP contribution in [0.15, 0.2) is 0 Å². The van der Waals surface area contributed by atoms with Gasteiger partial charge in [-0.1, -0.05) is 0 Å². The SMILES string of the molecule is CNC(C#N)CN1CCN2CCCC2C1. The molecule has 0 bridgehead atoms. The van der Waals surface area contributed by atoms with E-state index in [1.165, 1.54) is 25.9 Å². The normalized spacial score (nSPS) is 29.7. The number of rotatable bonds is 3. The van der Waals surface area contributed by atoms with Crippen LogP contribution in [0.25, 0.3) is 0 Å². The second-order valence-electron chi connectivity index (χ2n) is 4.56. The lowest BCUT2D eigenvalue weighted by Crippen LogP contribution is -2.52. The van der Waals surface area contributed by atoms with Crippen LogP contribution in [-0.2, 0) is 0 Å². The third kappa shape index (κ3) is 2.49. The van der Waals surface area contributed by atoms with E-state index in [2.05, 4.69) is 21.2 Å². The van der Waals surface area contributed by atoms with Crippen molar-refractivity contribution in [1.29, 1.82) is 5.26 Å². The van der Waals surface area contributed by atoms with Crippen LogP contribution in [-0.4, -0.2) is 61.7 Å². The highest BCUT2D eigenvalue weighted by atomic mass is 15.3. The van der Waals surface area contributed by atoms with E-state index < -0.39 is 0 Å². The highest BCUT2D eigenvalue weighted by Gasteiger charge is 2.30. The maximum atomic E-state index is 8.89. The molecule has 0 aromatic rings. The Bertz CT molecular complexity index is 247. The molecule has 0 aliphatic carbocycles. The highest BCUT2D eigenvalue weighted by molar-refractivity contribution is 4.94. The lowest BCUT2D eigenvalue weighted by Gasteiger charge is -2.38. The zero-order valence-corrected chi connectivity index (χ0v) is 9.45. The Morgan fingerprint density at radius 3 is 3.07 bits per heavy atom. The maximum Gasteiger partial charge on any atom is 0.108 e. The van der Waals surface area contributed by atoms with E-state index in [4.69, 9.17) is 5.26 Å². The third-order valence-electron chi connectivity index (χ3n) is 3.62. The summed E-state index contributed by atoms with van der Waals surface area (Å²) in [6, 6.07) is 3.04. The van der Waals surface area contributed by atoms with Crippen molar-refractivity contribution in [3.05, 3.63) is 0 Å². The van der Waals surface area contributed by atoms with Crippen molar-refractivity contribution in [2.45, 2.75) is 24.9 Å². The van der Waals surface area contributed by atoms with Crippen LogP contribution in [0.4, 0.5) is 0 Å². The van der Waals surface area contributed by atoms with Crippen LogP contribution in [0, 0.1) is 11.3 Å². The molecule has 84 valence electrons. The average Bonchev–Trinajstić information content (AvgIpc) is 2.73. The maximum absolute atomic E-state index is 8.89. The number of nitrogens with one attached hydrogen (secondary N) is 1. The zero-order valence-electron chi connectivity index (χ0n) is 9.45. The number of hydrogen-bond donors (Lipinski definition) is 1. The summed E-state index contributed by atoms with van der Waals surface area (Å²) in [5.74, 6) is 0. The van der Waals surface area contributed by atoms with Gasteiger partial charge in [-0.25, -0.2) is 0 Å². The first-order chi connectivity index (χ1) is 7.33. The molecule has 2 aliphatic rings. The van der Waals surface area contributed by atoms with Crippen molar-refractivity contribution in [1.82, 2.24) is 15.1 Å². The molecular weight excluding hydrogens is 188 g/mol. The minimum absolute atomic E-state index is 0.0158. The molecule has 0 radical (unpaired) electrons. The molecule has 2 heterocycles. The molecule has 2 fully saturated rings. The van der Waals surface area contributed by atoms with Crippen molar-refractivity contribution < 1.29 is 0 Å². The molecule has 2 atom stereocenters. The number of nitriles is 1. The van der Waals surface area contributed by atoms with Crippen LogP contribution < -0.4 is 5.32 Å². The molecule has 0 aromatic heterocycles. The topological polar surface area (TPSA) is 42.3 Å². The Kier molecular flexibility index (Phi) is 3.57. The summed E-state index contributed by atoms with van der Waals surface area (Å²) < 4.78 is 0. The van der Waals surface area contributed by atoms with Gasteiger partial charge in [0.05, 0.1) is 6.07 Å². The average molecular weight is 208 g/mol. The molecule has 1 N–H and O–H groups in total. The smallest absolute Gasteiger partial charge is 0.108 e. The van der Waals surface area contributed by atoms with Crippen molar-refractivity contribution in [2.24, 2.45) is 0 Å². The lowest BCUT2D eigenvalue weighted by molar-refractivity contribution is 0.101. The van der Waals surface area contributed by atoms with Gasteiger partial charge >= 0.3 is 0 Å². The van der Waals surface area contributed by atoms with Crippen LogP contribution in [0.2, 0.25) is 0 Å². The number of likely N-dealkylation sites (N-methyl/N-ethyl adjacent to an activating group) is 1. The van der Waals surface area contributed by atoms with E-state index in [-0.39, 0.29) is 6.04 Å². The van der Waals surface area contributed by atoms with Gasteiger partial charge in [0.2, 0.25) is 0 Å². The standard InChI is InChI=1S/C11H20N4/c1-13-10(7-12)8-14-5-6-15-4-2-3-11(15)9-14/h10-11,13H,2-6,8-9H2,1H3. The summed E-state index contributed by atoms with van der Waals surface area (Å²) in [7, 11) is 1.86.